The Kier molecular flexibility index (Phi) is 12.0. The Morgan fingerprint density at radius 2 is 1.57 bits per heavy atom. The van der Waals surface area contributed by atoms with Gasteiger partial charge >= 0.3 is 0 Å². The Morgan fingerprint density at radius 1 is 0.919 bits per heavy atom. The molecule has 0 aromatic heterocycles. The number of rotatable bonds is 16. The number of benzene rings is 2. The van der Waals surface area contributed by atoms with Crippen molar-refractivity contribution in [3.8, 4) is 11.5 Å². The first-order valence-corrected chi connectivity index (χ1v) is 13.9. The highest BCUT2D eigenvalue weighted by atomic mass is 16.5. The molecule has 1 amide bonds. The topological polar surface area (TPSA) is 67.9 Å². The fourth-order valence-corrected chi connectivity index (χ4v) is 4.78. The van der Waals surface area contributed by atoms with Gasteiger partial charge in [-0.2, -0.15) is 0 Å². The van der Waals surface area contributed by atoms with Crippen molar-refractivity contribution < 1.29 is 19.1 Å². The lowest BCUT2D eigenvalue weighted by Crippen LogP contribution is -2.46. The number of likely N-dealkylation sites (tertiary alicyclic amines) is 1. The zero-order valence-electron chi connectivity index (χ0n) is 22.8. The van der Waals surface area contributed by atoms with Crippen molar-refractivity contribution in [1.29, 1.82) is 0 Å². The first kappa shape index (κ1) is 28.7. The molecule has 6 heteroatoms. The van der Waals surface area contributed by atoms with Crippen LogP contribution in [0.1, 0.15) is 87.1 Å². The van der Waals surface area contributed by atoms with Gasteiger partial charge in [-0.25, -0.2) is 0 Å². The maximum Gasteiger partial charge on any atom is 0.220 e. The predicted molar refractivity (Wildman–Crippen MR) is 149 cm³/mol. The SMILES string of the molecule is CCCCOc1ccc([C@@H](C)[C@@H](CN2CCCC2)NC(=O)CCCCC(=O)c2ccc(OC)cc2)cc1. The molecule has 1 fully saturated rings. The molecule has 3 rings (SSSR count). The summed E-state index contributed by atoms with van der Waals surface area (Å²) in [6.07, 6.45) is 6.89. The summed E-state index contributed by atoms with van der Waals surface area (Å²) in [4.78, 5) is 27.8. The van der Waals surface area contributed by atoms with Crippen molar-refractivity contribution in [3.05, 3.63) is 59.7 Å². The molecule has 2 aromatic rings. The first-order valence-electron chi connectivity index (χ1n) is 13.9. The number of carbonyl (C=O) groups is 2. The predicted octanol–water partition coefficient (Wildman–Crippen LogP) is 6.00. The van der Waals surface area contributed by atoms with E-state index in [0.717, 1.165) is 50.6 Å². The van der Waals surface area contributed by atoms with E-state index in [4.69, 9.17) is 9.47 Å². The lowest BCUT2D eigenvalue weighted by Gasteiger charge is -2.30. The number of amides is 1. The zero-order valence-corrected chi connectivity index (χ0v) is 22.8. The van der Waals surface area contributed by atoms with Crippen molar-refractivity contribution in [1.82, 2.24) is 10.2 Å². The molecule has 1 aliphatic heterocycles. The van der Waals surface area contributed by atoms with E-state index in [-0.39, 0.29) is 23.7 Å². The smallest absolute Gasteiger partial charge is 0.220 e. The highest BCUT2D eigenvalue weighted by Gasteiger charge is 2.25. The second-order valence-electron chi connectivity index (χ2n) is 10.1. The summed E-state index contributed by atoms with van der Waals surface area (Å²) < 4.78 is 11.0. The van der Waals surface area contributed by atoms with Crippen LogP contribution in [0.25, 0.3) is 0 Å². The highest BCUT2D eigenvalue weighted by Crippen LogP contribution is 2.24. The van der Waals surface area contributed by atoms with Crippen LogP contribution in [-0.4, -0.2) is 56.0 Å². The first-order chi connectivity index (χ1) is 18.0. The molecule has 202 valence electrons. The van der Waals surface area contributed by atoms with Gasteiger partial charge in [-0.3, -0.25) is 9.59 Å². The van der Waals surface area contributed by atoms with Crippen molar-refractivity contribution in [2.45, 2.75) is 77.2 Å². The molecule has 2 atom stereocenters. The third kappa shape index (κ3) is 9.51. The van der Waals surface area contributed by atoms with Crippen molar-refractivity contribution in [2.24, 2.45) is 0 Å². The maximum absolute atomic E-state index is 12.9. The van der Waals surface area contributed by atoms with E-state index in [1.165, 1.54) is 18.4 Å². The second kappa shape index (κ2) is 15.4. The van der Waals surface area contributed by atoms with E-state index in [1.807, 2.05) is 12.1 Å². The number of unbranched alkanes of at least 4 members (excludes halogenated alkanes) is 2. The van der Waals surface area contributed by atoms with Gasteiger partial charge in [-0.1, -0.05) is 32.4 Å². The molecule has 1 aliphatic rings. The molecule has 6 nitrogen and oxygen atoms in total. The lowest BCUT2D eigenvalue weighted by molar-refractivity contribution is -0.122. The zero-order chi connectivity index (χ0) is 26.5. The van der Waals surface area contributed by atoms with Crippen LogP contribution in [-0.2, 0) is 4.79 Å². The van der Waals surface area contributed by atoms with E-state index in [9.17, 15) is 9.59 Å². The van der Waals surface area contributed by atoms with Gasteiger partial charge < -0.3 is 19.7 Å². The van der Waals surface area contributed by atoms with E-state index in [2.05, 4.69) is 36.2 Å². The molecule has 0 unspecified atom stereocenters. The minimum Gasteiger partial charge on any atom is -0.497 e. The molecule has 0 aliphatic carbocycles. The van der Waals surface area contributed by atoms with Crippen molar-refractivity contribution in [3.63, 3.8) is 0 Å². The molecule has 1 saturated heterocycles. The number of carbonyl (C=O) groups excluding carboxylic acids is 2. The van der Waals surface area contributed by atoms with Gasteiger partial charge in [0.25, 0.3) is 0 Å². The van der Waals surface area contributed by atoms with E-state index < -0.39 is 0 Å². The van der Waals surface area contributed by atoms with Crippen LogP contribution in [0.2, 0.25) is 0 Å². The summed E-state index contributed by atoms with van der Waals surface area (Å²) in [5.74, 6) is 1.99. The van der Waals surface area contributed by atoms with Crippen LogP contribution in [0.5, 0.6) is 11.5 Å². The van der Waals surface area contributed by atoms with Gasteiger partial charge in [0.1, 0.15) is 11.5 Å². The number of methoxy groups -OCH3 is 1. The van der Waals surface area contributed by atoms with E-state index in [1.54, 1.807) is 31.4 Å². The Morgan fingerprint density at radius 3 is 2.22 bits per heavy atom. The molecule has 2 aromatic carbocycles. The van der Waals surface area contributed by atoms with E-state index >= 15 is 0 Å². The summed E-state index contributed by atoms with van der Waals surface area (Å²) in [6, 6.07) is 15.6. The average molecular weight is 509 g/mol. The Bertz CT molecular complexity index is 952. The number of hydrogen-bond donors (Lipinski definition) is 1. The molecule has 0 saturated carbocycles. The molecule has 0 spiro atoms. The molecular formula is C31H44N2O4. The van der Waals surface area contributed by atoms with Crippen LogP contribution in [0, 0.1) is 0 Å². The molecular weight excluding hydrogens is 464 g/mol. The average Bonchev–Trinajstić information content (AvgIpc) is 3.44. The summed E-state index contributed by atoms with van der Waals surface area (Å²) in [5.41, 5.74) is 1.89. The van der Waals surface area contributed by atoms with Gasteiger partial charge in [0, 0.05) is 36.9 Å². The summed E-state index contributed by atoms with van der Waals surface area (Å²) in [6.45, 7) is 8.14. The van der Waals surface area contributed by atoms with Gasteiger partial charge in [0.05, 0.1) is 13.7 Å². The number of ketones is 1. The molecule has 0 radical (unpaired) electrons. The standard InChI is InChI=1S/C31H44N2O4/c1-4-5-22-37-28-18-12-25(13-19-28)24(2)29(23-33-20-8-9-21-33)32-31(35)11-7-6-10-30(34)26-14-16-27(36-3)17-15-26/h12-19,24,29H,4-11,20-23H2,1-3H3,(H,32,35)/t24-,29-/m1/s1. The quantitative estimate of drug-likeness (QED) is 0.222. The fraction of sp³-hybridized carbons (Fsp3) is 0.548. The number of nitrogens with zero attached hydrogens (tertiary/aromatic N) is 1. The number of Topliss-reactive ketones (excluding diaryl/α,β-unsaturated/α-hetero) is 1. The summed E-state index contributed by atoms with van der Waals surface area (Å²) >= 11 is 0. The van der Waals surface area contributed by atoms with Gasteiger partial charge in [-0.05, 0) is 87.2 Å². The molecule has 37 heavy (non-hydrogen) atoms. The third-order valence-corrected chi connectivity index (χ3v) is 7.25. The molecule has 1 heterocycles. The second-order valence-corrected chi connectivity index (χ2v) is 10.1. The number of ether oxygens (including phenoxy) is 2. The monoisotopic (exact) mass is 508 g/mol. The van der Waals surface area contributed by atoms with Crippen molar-refractivity contribution >= 4 is 11.7 Å². The van der Waals surface area contributed by atoms with Crippen molar-refractivity contribution in [2.75, 3.05) is 33.4 Å². The normalized spacial score (nSPS) is 15.2. The largest absolute Gasteiger partial charge is 0.497 e. The van der Waals surface area contributed by atoms with Crippen LogP contribution in [0.3, 0.4) is 0 Å². The third-order valence-electron chi connectivity index (χ3n) is 7.25. The van der Waals surface area contributed by atoms with Crippen LogP contribution < -0.4 is 14.8 Å². The Hall–Kier alpha value is -2.86. The minimum absolute atomic E-state index is 0.0402. The van der Waals surface area contributed by atoms with Crippen LogP contribution in [0.4, 0.5) is 0 Å². The summed E-state index contributed by atoms with van der Waals surface area (Å²) in [5, 5.41) is 3.32. The molecule has 0 bridgehead atoms. The van der Waals surface area contributed by atoms with Crippen LogP contribution in [0.15, 0.2) is 48.5 Å². The maximum atomic E-state index is 12.9. The number of nitrogens with one attached hydrogen (secondary N) is 1. The van der Waals surface area contributed by atoms with Crippen LogP contribution >= 0.6 is 0 Å². The van der Waals surface area contributed by atoms with E-state index in [0.29, 0.717) is 31.2 Å². The number of hydrogen-bond acceptors (Lipinski definition) is 5. The fourth-order valence-electron chi connectivity index (χ4n) is 4.78. The lowest BCUT2D eigenvalue weighted by atomic mass is 9.92. The highest BCUT2D eigenvalue weighted by molar-refractivity contribution is 5.96. The van der Waals surface area contributed by atoms with Gasteiger partial charge in [-0.15, -0.1) is 0 Å². The van der Waals surface area contributed by atoms with Gasteiger partial charge in [0.2, 0.25) is 5.91 Å². The minimum atomic E-state index is 0.0402. The Labute approximate surface area is 222 Å². The Balaban J connectivity index is 1.49. The summed E-state index contributed by atoms with van der Waals surface area (Å²) in [7, 11) is 1.61. The molecule has 1 N–H and O–H groups in total. The van der Waals surface area contributed by atoms with Gasteiger partial charge in [0.15, 0.2) is 5.78 Å².